The van der Waals surface area contributed by atoms with Gasteiger partial charge in [-0.25, -0.2) is 0 Å². The summed E-state index contributed by atoms with van der Waals surface area (Å²) in [7, 11) is 0. The second-order valence-electron chi connectivity index (χ2n) is 6.33. The number of rotatable bonds is 7. The van der Waals surface area contributed by atoms with Crippen LogP contribution in [0.3, 0.4) is 0 Å². The fraction of sp³-hybridized carbons (Fsp3) is 0.350. The van der Waals surface area contributed by atoms with Crippen molar-refractivity contribution in [1.82, 2.24) is 4.98 Å². The fourth-order valence-corrected chi connectivity index (χ4v) is 3.75. The molecule has 0 saturated carbocycles. The molecule has 1 aromatic heterocycles. The van der Waals surface area contributed by atoms with Crippen LogP contribution in [-0.2, 0) is 22.4 Å². The SMILES string of the molecule is C[C@@H](O)c1ccc(CCOc2ccc(C[C@@H]3SC(=O)CC3=O)cc2)nc1. The van der Waals surface area contributed by atoms with Crippen molar-refractivity contribution < 1.29 is 19.4 Å². The van der Waals surface area contributed by atoms with Gasteiger partial charge in [0.1, 0.15) is 5.75 Å². The number of thioether (sulfide) groups is 1. The van der Waals surface area contributed by atoms with Gasteiger partial charge < -0.3 is 9.84 Å². The molecule has 5 nitrogen and oxygen atoms in total. The summed E-state index contributed by atoms with van der Waals surface area (Å²) >= 11 is 1.14. The summed E-state index contributed by atoms with van der Waals surface area (Å²) in [5.74, 6) is 0.783. The smallest absolute Gasteiger partial charge is 0.197 e. The molecule has 136 valence electrons. The van der Waals surface area contributed by atoms with Crippen LogP contribution in [0.15, 0.2) is 42.6 Å². The van der Waals surface area contributed by atoms with Gasteiger partial charge in [0, 0.05) is 18.3 Å². The Bertz CT molecular complexity index is 771. The number of carbonyl (C=O) groups excluding carboxylic acids is 2. The molecule has 2 heterocycles. The third-order valence-electron chi connectivity index (χ3n) is 4.25. The second kappa shape index (κ2) is 8.47. The van der Waals surface area contributed by atoms with Gasteiger partial charge in [-0.1, -0.05) is 30.0 Å². The van der Waals surface area contributed by atoms with Gasteiger partial charge in [0.2, 0.25) is 0 Å². The zero-order chi connectivity index (χ0) is 18.5. The minimum atomic E-state index is -0.512. The first-order valence-corrected chi connectivity index (χ1v) is 9.46. The number of hydrogen-bond acceptors (Lipinski definition) is 6. The first-order chi connectivity index (χ1) is 12.5. The van der Waals surface area contributed by atoms with Gasteiger partial charge in [0.15, 0.2) is 10.9 Å². The molecule has 1 fully saturated rings. The zero-order valence-electron chi connectivity index (χ0n) is 14.6. The third-order valence-corrected chi connectivity index (χ3v) is 5.37. The minimum absolute atomic E-state index is 0.0226. The summed E-state index contributed by atoms with van der Waals surface area (Å²) in [6, 6.07) is 11.4. The van der Waals surface area contributed by atoms with Gasteiger partial charge in [0.25, 0.3) is 0 Å². The number of benzene rings is 1. The number of aliphatic hydroxyl groups excluding tert-OH is 1. The number of carbonyl (C=O) groups is 2. The maximum absolute atomic E-state index is 11.7. The lowest BCUT2D eigenvalue weighted by Gasteiger charge is -2.09. The van der Waals surface area contributed by atoms with E-state index in [0.29, 0.717) is 19.4 Å². The molecule has 1 aromatic carbocycles. The van der Waals surface area contributed by atoms with Crippen LogP contribution in [0, 0.1) is 0 Å². The first-order valence-electron chi connectivity index (χ1n) is 8.58. The highest BCUT2D eigenvalue weighted by atomic mass is 32.2. The van der Waals surface area contributed by atoms with Crippen molar-refractivity contribution in [3.63, 3.8) is 0 Å². The van der Waals surface area contributed by atoms with E-state index in [2.05, 4.69) is 4.98 Å². The topological polar surface area (TPSA) is 76.5 Å². The molecule has 0 radical (unpaired) electrons. The summed E-state index contributed by atoms with van der Waals surface area (Å²) in [5, 5.41) is 9.20. The molecule has 0 amide bonds. The van der Waals surface area contributed by atoms with Crippen molar-refractivity contribution in [3.8, 4) is 5.75 Å². The molecule has 0 bridgehead atoms. The maximum atomic E-state index is 11.7. The normalized spacial score (nSPS) is 18.2. The third kappa shape index (κ3) is 4.93. The minimum Gasteiger partial charge on any atom is -0.493 e. The van der Waals surface area contributed by atoms with Crippen molar-refractivity contribution in [3.05, 3.63) is 59.4 Å². The summed E-state index contributed by atoms with van der Waals surface area (Å²) in [5.41, 5.74) is 2.73. The number of pyridine rings is 1. The standard InChI is InChI=1S/C20H21NO4S/c1-13(22)15-4-5-16(21-12-15)8-9-25-17-6-2-14(3-7-17)10-19-18(23)11-20(24)26-19/h2-7,12-13,19,22H,8-11H2,1H3/t13-,19+/m1/s1. The number of nitrogens with zero attached hydrogens (tertiary/aromatic N) is 1. The molecule has 1 N–H and O–H groups in total. The Hall–Kier alpha value is -2.18. The highest BCUT2D eigenvalue weighted by Gasteiger charge is 2.31. The molecular weight excluding hydrogens is 350 g/mol. The van der Waals surface area contributed by atoms with E-state index in [9.17, 15) is 14.7 Å². The molecule has 2 atom stereocenters. The van der Waals surface area contributed by atoms with Crippen LogP contribution < -0.4 is 4.74 Å². The highest BCUT2D eigenvalue weighted by molar-refractivity contribution is 8.15. The van der Waals surface area contributed by atoms with Gasteiger partial charge in [-0.05, 0) is 42.7 Å². The number of aromatic nitrogens is 1. The molecule has 3 rings (SSSR count). The van der Waals surface area contributed by atoms with E-state index in [1.165, 1.54) is 0 Å². The Labute approximate surface area is 156 Å². The Morgan fingerprint density at radius 3 is 2.58 bits per heavy atom. The van der Waals surface area contributed by atoms with E-state index >= 15 is 0 Å². The van der Waals surface area contributed by atoms with Gasteiger partial charge in [0.05, 0.1) is 24.4 Å². The lowest BCUT2D eigenvalue weighted by atomic mass is 10.1. The summed E-state index contributed by atoms with van der Waals surface area (Å²) in [6.45, 7) is 2.22. The van der Waals surface area contributed by atoms with E-state index in [4.69, 9.17) is 4.74 Å². The van der Waals surface area contributed by atoms with E-state index in [1.54, 1.807) is 13.1 Å². The fourth-order valence-electron chi connectivity index (χ4n) is 2.72. The number of Topliss-reactive ketones (excluding diaryl/α,β-unsaturated/α-hetero) is 1. The van der Waals surface area contributed by atoms with Crippen molar-refractivity contribution in [2.24, 2.45) is 0 Å². The van der Waals surface area contributed by atoms with Gasteiger partial charge >= 0.3 is 0 Å². The molecule has 6 heteroatoms. The number of aliphatic hydroxyl groups is 1. The van der Waals surface area contributed by atoms with E-state index < -0.39 is 6.10 Å². The number of hydrogen-bond donors (Lipinski definition) is 1. The predicted octanol–water partition coefficient (Wildman–Crippen LogP) is 2.90. The Kier molecular flexibility index (Phi) is 6.06. The van der Waals surface area contributed by atoms with Crippen molar-refractivity contribution >= 4 is 22.7 Å². The zero-order valence-corrected chi connectivity index (χ0v) is 15.4. The van der Waals surface area contributed by atoms with Gasteiger partial charge in [-0.15, -0.1) is 0 Å². The average Bonchev–Trinajstić information content (AvgIpc) is 2.94. The van der Waals surface area contributed by atoms with Crippen LogP contribution in [0.1, 0.15) is 36.3 Å². The number of ether oxygens (including phenoxy) is 1. The Morgan fingerprint density at radius 1 is 1.23 bits per heavy atom. The lowest BCUT2D eigenvalue weighted by Crippen LogP contribution is -2.13. The molecule has 2 aromatic rings. The molecule has 0 unspecified atom stereocenters. The molecule has 1 saturated heterocycles. The lowest BCUT2D eigenvalue weighted by molar-refractivity contribution is -0.121. The molecule has 26 heavy (non-hydrogen) atoms. The molecule has 0 spiro atoms. The van der Waals surface area contributed by atoms with Crippen LogP contribution >= 0.6 is 11.8 Å². The van der Waals surface area contributed by atoms with Crippen molar-refractivity contribution in [1.29, 1.82) is 0 Å². The highest BCUT2D eigenvalue weighted by Crippen LogP contribution is 2.28. The maximum Gasteiger partial charge on any atom is 0.197 e. The van der Waals surface area contributed by atoms with Crippen molar-refractivity contribution in [2.45, 2.75) is 37.5 Å². The van der Waals surface area contributed by atoms with Crippen LogP contribution in [0.5, 0.6) is 5.75 Å². The first kappa shape index (κ1) is 18.6. The molecule has 1 aliphatic heterocycles. The predicted molar refractivity (Wildman–Crippen MR) is 100 cm³/mol. The van der Waals surface area contributed by atoms with Crippen molar-refractivity contribution in [2.75, 3.05) is 6.61 Å². The monoisotopic (exact) mass is 371 g/mol. The quantitative estimate of drug-likeness (QED) is 0.754. The molecular formula is C20H21NO4S. The molecule has 1 aliphatic rings. The van der Waals surface area contributed by atoms with E-state index in [0.717, 1.165) is 34.3 Å². The number of ketones is 1. The largest absolute Gasteiger partial charge is 0.493 e. The van der Waals surface area contributed by atoms with Crippen LogP contribution in [0.4, 0.5) is 0 Å². The second-order valence-corrected chi connectivity index (χ2v) is 7.59. The van der Waals surface area contributed by atoms with Gasteiger partial charge in [-0.2, -0.15) is 0 Å². The van der Waals surface area contributed by atoms with Crippen LogP contribution in [-0.4, -0.2) is 32.8 Å². The summed E-state index contributed by atoms with van der Waals surface area (Å²) in [4.78, 5) is 27.3. The Morgan fingerprint density at radius 2 is 2.00 bits per heavy atom. The summed E-state index contributed by atoms with van der Waals surface area (Å²) < 4.78 is 5.74. The summed E-state index contributed by atoms with van der Waals surface area (Å²) in [6.07, 6.45) is 2.49. The van der Waals surface area contributed by atoms with Gasteiger partial charge in [-0.3, -0.25) is 14.6 Å². The van der Waals surface area contributed by atoms with Crippen LogP contribution in [0.25, 0.3) is 0 Å². The van der Waals surface area contributed by atoms with Crippen LogP contribution in [0.2, 0.25) is 0 Å². The Balaban J connectivity index is 1.47. The van der Waals surface area contributed by atoms with E-state index in [-0.39, 0.29) is 22.6 Å². The van der Waals surface area contributed by atoms with E-state index in [1.807, 2.05) is 36.4 Å². The average molecular weight is 371 g/mol. The molecule has 0 aliphatic carbocycles.